The highest BCUT2D eigenvalue weighted by molar-refractivity contribution is 5.44. The Labute approximate surface area is 128 Å². The average Bonchev–Trinajstić information content (AvgIpc) is 2.53. The molecule has 3 unspecified atom stereocenters. The molecule has 0 spiro atoms. The third-order valence-electron chi connectivity index (χ3n) is 6.33. The van der Waals surface area contributed by atoms with Crippen LogP contribution in [0.3, 0.4) is 0 Å². The van der Waals surface area contributed by atoms with E-state index in [-0.39, 0.29) is 0 Å². The SMILES string of the molecule is C=CCOc1ccc2c(c1)C13CCCCC1C(CCC3)C2. The topological polar surface area (TPSA) is 9.23 Å². The van der Waals surface area contributed by atoms with Gasteiger partial charge in [-0.3, -0.25) is 0 Å². The fourth-order valence-corrected chi connectivity index (χ4v) is 5.58. The van der Waals surface area contributed by atoms with Crippen LogP contribution in [0.5, 0.6) is 5.75 Å². The van der Waals surface area contributed by atoms with Crippen LogP contribution in [0.15, 0.2) is 30.9 Å². The van der Waals surface area contributed by atoms with Gasteiger partial charge < -0.3 is 4.74 Å². The van der Waals surface area contributed by atoms with Gasteiger partial charge in [-0.2, -0.15) is 0 Å². The van der Waals surface area contributed by atoms with Crippen molar-refractivity contribution < 1.29 is 4.74 Å². The number of hydrogen-bond acceptors (Lipinski definition) is 1. The van der Waals surface area contributed by atoms with E-state index in [1.165, 1.54) is 51.4 Å². The molecule has 0 amide bonds. The van der Waals surface area contributed by atoms with Crippen LogP contribution in [0.25, 0.3) is 0 Å². The highest BCUT2D eigenvalue weighted by Crippen LogP contribution is 2.58. The average molecular weight is 282 g/mol. The van der Waals surface area contributed by atoms with Crippen molar-refractivity contribution in [2.75, 3.05) is 6.61 Å². The molecule has 3 atom stereocenters. The molecular weight excluding hydrogens is 256 g/mol. The van der Waals surface area contributed by atoms with E-state index in [4.69, 9.17) is 4.74 Å². The molecule has 112 valence electrons. The van der Waals surface area contributed by atoms with Crippen LogP contribution in [0, 0.1) is 11.8 Å². The Morgan fingerprint density at radius 2 is 2.10 bits per heavy atom. The largest absolute Gasteiger partial charge is 0.490 e. The molecule has 1 nitrogen and oxygen atoms in total. The monoisotopic (exact) mass is 282 g/mol. The summed E-state index contributed by atoms with van der Waals surface area (Å²) >= 11 is 0. The van der Waals surface area contributed by atoms with Gasteiger partial charge in [0.05, 0.1) is 0 Å². The Kier molecular flexibility index (Phi) is 3.32. The molecule has 1 heteroatoms. The number of fused-ring (bicyclic) bond motifs is 1. The van der Waals surface area contributed by atoms with Gasteiger partial charge in [-0.15, -0.1) is 0 Å². The lowest BCUT2D eigenvalue weighted by Gasteiger charge is -2.55. The maximum Gasteiger partial charge on any atom is 0.120 e. The first-order valence-corrected chi connectivity index (χ1v) is 8.70. The van der Waals surface area contributed by atoms with Crippen molar-refractivity contribution in [2.24, 2.45) is 11.8 Å². The Balaban J connectivity index is 1.77. The Hall–Kier alpha value is -1.24. The van der Waals surface area contributed by atoms with Crippen molar-refractivity contribution in [2.45, 2.75) is 56.8 Å². The summed E-state index contributed by atoms with van der Waals surface area (Å²) in [5.74, 6) is 2.94. The third-order valence-corrected chi connectivity index (χ3v) is 6.33. The molecule has 2 saturated carbocycles. The first-order valence-electron chi connectivity index (χ1n) is 8.70. The molecule has 4 rings (SSSR count). The number of rotatable bonds is 3. The molecule has 2 bridgehead atoms. The zero-order chi connectivity index (χ0) is 14.3. The summed E-state index contributed by atoms with van der Waals surface area (Å²) < 4.78 is 5.82. The summed E-state index contributed by atoms with van der Waals surface area (Å²) in [4.78, 5) is 0. The van der Waals surface area contributed by atoms with Gasteiger partial charge in [-0.25, -0.2) is 0 Å². The lowest BCUT2D eigenvalue weighted by Crippen LogP contribution is -2.49. The van der Waals surface area contributed by atoms with Gasteiger partial charge in [-0.05, 0) is 72.6 Å². The van der Waals surface area contributed by atoms with Gasteiger partial charge in [0.2, 0.25) is 0 Å². The highest BCUT2D eigenvalue weighted by atomic mass is 16.5. The highest BCUT2D eigenvalue weighted by Gasteiger charge is 2.51. The molecular formula is C20H26O. The molecule has 21 heavy (non-hydrogen) atoms. The molecule has 1 aromatic carbocycles. The van der Waals surface area contributed by atoms with Gasteiger partial charge >= 0.3 is 0 Å². The summed E-state index contributed by atoms with van der Waals surface area (Å²) in [6, 6.07) is 6.88. The van der Waals surface area contributed by atoms with Crippen LogP contribution in [0.1, 0.15) is 56.1 Å². The lowest BCUT2D eigenvalue weighted by atomic mass is 9.49. The van der Waals surface area contributed by atoms with Gasteiger partial charge in [0, 0.05) is 0 Å². The molecule has 0 N–H and O–H groups in total. The fourth-order valence-electron chi connectivity index (χ4n) is 5.58. The van der Waals surface area contributed by atoms with Crippen molar-refractivity contribution >= 4 is 0 Å². The van der Waals surface area contributed by atoms with Crippen LogP contribution in [0.2, 0.25) is 0 Å². The Morgan fingerprint density at radius 1 is 1.19 bits per heavy atom. The van der Waals surface area contributed by atoms with Gasteiger partial charge in [0.25, 0.3) is 0 Å². The second-order valence-electron chi connectivity index (χ2n) is 7.28. The van der Waals surface area contributed by atoms with E-state index in [2.05, 4.69) is 24.8 Å². The smallest absolute Gasteiger partial charge is 0.120 e. The molecule has 1 aromatic rings. The fraction of sp³-hybridized carbons (Fsp3) is 0.600. The standard InChI is InChI=1S/C20H26O/c1-2-12-21-17-9-8-16-13-15-6-5-11-20(19(16)14-17)10-4-3-7-18(15)20/h2,8-9,14-15,18H,1,3-7,10-13H2. The number of hydrogen-bond donors (Lipinski definition) is 0. The predicted molar refractivity (Wildman–Crippen MR) is 86.8 cm³/mol. The number of ether oxygens (including phenoxy) is 1. The van der Waals surface area contributed by atoms with Crippen molar-refractivity contribution in [3.05, 3.63) is 42.0 Å². The van der Waals surface area contributed by atoms with Crippen molar-refractivity contribution in [1.82, 2.24) is 0 Å². The van der Waals surface area contributed by atoms with E-state index in [9.17, 15) is 0 Å². The van der Waals surface area contributed by atoms with Crippen LogP contribution < -0.4 is 4.74 Å². The van der Waals surface area contributed by atoms with Crippen LogP contribution >= 0.6 is 0 Å². The normalized spacial score (nSPS) is 33.7. The summed E-state index contributed by atoms with van der Waals surface area (Å²) in [7, 11) is 0. The first-order chi connectivity index (χ1) is 10.3. The van der Waals surface area contributed by atoms with Gasteiger partial charge in [-0.1, -0.05) is 38.0 Å². The molecule has 0 heterocycles. The minimum absolute atomic E-state index is 0.488. The zero-order valence-electron chi connectivity index (χ0n) is 12.9. The predicted octanol–water partition coefficient (Wildman–Crippen LogP) is 5.04. The van der Waals surface area contributed by atoms with E-state index in [1.807, 2.05) is 6.08 Å². The third kappa shape index (κ3) is 2.05. The maximum absolute atomic E-state index is 5.82. The molecule has 0 radical (unpaired) electrons. The minimum atomic E-state index is 0.488. The van der Waals surface area contributed by atoms with E-state index in [0.717, 1.165) is 17.6 Å². The van der Waals surface area contributed by atoms with E-state index in [0.29, 0.717) is 12.0 Å². The van der Waals surface area contributed by atoms with Gasteiger partial charge in [0.1, 0.15) is 12.4 Å². The zero-order valence-corrected chi connectivity index (χ0v) is 12.9. The summed E-state index contributed by atoms with van der Waals surface area (Å²) in [6.45, 7) is 4.36. The molecule has 0 aromatic heterocycles. The Morgan fingerprint density at radius 3 is 3.00 bits per heavy atom. The quantitative estimate of drug-likeness (QED) is 0.706. The second kappa shape index (κ2) is 5.19. The van der Waals surface area contributed by atoms with E-state index >= 15 is 0 Å². The Bertz CT molecular complexity index is 543. The lowest BCUT2D eigenvalue weighted by molar-refractivity contribution is 0.0520. The second-order valence-corrected chi connectivity index (χ2v) is 7.28. The van der Waals surface area contributed by atoms with Crippen LogP contribution in [0.4, 0.5) is 0 Å². The van der Waals surface area contributed by atoms with Gasteiger partial charge in [0.15, 0.2) is 0 Å². The van der Waals surface area contributed by atoms with Crippen LogP contribution in [-0.2, 0) is 11.8 Å². The van der Waals surface area contributed by atoms with E-state index < -0.39 is 0 Å². The summed E-state index contributed by atoms with van der Waals surface area (Å²) in [5.41, 5.74) is 3.75. The number of benzene rings is 1. The van der Waals surface area contributed by atoms with Crippen molar-refractivity contribution in [3.63, 3.8) is 0 Å². The molecule has 3 aliphatic carbocycles. The van der Waals surface area contributed by atoms with Crippen molar-refractivity contribution in [3.8, 4) is 5.75 Å². The van der Waals surface area contributed by atoms with E-state index in [1.54, 1.807) is 11.1 Å². The molecule has 0 saturated heterocycles. The minimum Gasteiger partial charge on any atom is -0.490 e. The molecule has 0 aliphatic heterocycles. The van der Waals surface area contributed by atoms with Crippen LogP contribution in [-0.4, -0.2) is 6.61 Å². The summed E-state index contributed by atoms with van der Waals surface area (Å²) in [6.07, 6.45) is 13.2. The molecule has 2 fully saturated rings. The maximum atomic E-state index is 5.82. The molecule has 3 aliphatic rings. The van der Waals surface area contributed by atoms with Crippen molar-refractivity contribution in [1.29, 1.82) is 0 Å². The summed E-state index contributed by atoms with van der Waals surface area (Å²) in [5, 5.41) is 0. The first kappa shape index (κ1) is 13.4.